The van der Waals surface area contributed by atoms with Crippen molar-refractivity contribution in [3.8, 4) is 50.7 Å². The fraction of sp³-hybridized carbons (Fsp3) is 0. The number of fused-ring (bicyclic) bond motifs is 6. The summed E-state index contributed by atoms with van der Waals surface area (Å²) in [4.78, 5) is 10.5. The lowest BCUT2D eigenvalue weighted by Gasteiger charge is -2.13. The first-order valence-electron chi connectivity index (χ1n) is 16.8. The molecule has 10 aromatic rings. The summed E-state index contributed by atoms with van der Waals surface area (Å²) in [5, 5.41) is 4.99. The summed E-state index contributed by atoms with van der Waals surface area (Å²) in [6.45, 7) is 0. The maximum atomic E-state index is 5.31. The van der Waals surface area contributed by atoms with E-state index in [0.29, 0.717) is 5.82 Å². The molecule has 7 aromatic carbocycles. The van der Waals surface area contributed by atoms with Gasteiger partial charge in [-0.05, 0) is 47.5 Å². The van der Waals surface area contributed by atoms with Crippen molar-refractivity contribution >= 4 is 53.3 Å². The third kappa shape index (κ3) is 4.73. The predicted octanol–water partition coefficient (Wildman–Crippen LogP) is 12.6. The van der Waals surface area contributed by atoms with E-state index in [4.69, 9.17) is 9.97 Å². The molecule has 0 amide bonds. The second-order valence-electron chi connectivity index (χ2n) is 12.6. The van der Waals surface area contributed by atoms with Crippen LogP contribution in [0.1, 0.15) is 0 Å². The Hall–Kier alpha value is -6.36. The SMILES string of the molecule is c1ccc(-c2ccc3c4ccccc4n(-c4cccc(-c5nc(-c6ccccc6)cc(-c6cccc7c6sc6ccccc67)n5)c4)c3c2)cc1. The van der Waals surface area contributed by atoms with E-state index in [-0.39, 0.29) is 0 Å². The van der Waals surface area contributed by atoms with Gasteiger partial charge in [0.1, 0.15) is 0 Å². The summed E-state index contributed by atoms with van der Waals surface area (Å²) in [6.07, 6.45) is 0. The van der Waals surface area contributed by atoms with Crippen LogP contribution < -0.4 is 0 Å². The Morgan fingerprint density at radius 1 is 0.400 bits per heavy atom. The van der Waals surface area contributed by atoms with Gasteiger partial charge in [-0.3, -0.25) is 0 Å². The molecule has 234 valence electrons. The molecule has 3 heterocycles. The van der Waals surface area contributed by atoms with Gasteiger partial charge in [-0.15, -0.1) is 11.3 Å². The molecule has 10 rings (SSSR count). The third-order valence-corrected chi connectivity index (χ3v) is 10.8. The number of rotatable bonds is 5. The molecule has 0 bridgehead atoms. The highest BCUT2D eigenvalue weighted by molar-refractivity contribution is 7.26. The van der Waals surface area contributed by atoms with Crippen molar-refractivity contribution in [3.63, 3.8) is 0 Å². The monoisotopic (exact) mass is 655 g/mol. The van der Waals surface area contributed by atoms with E-state index < -0.39 is 0 Å². The van der Waals surface area contributed by atoms with E-state index in [2.05, 4.69) is 174 Å². The van der Waals surface area contributed by atoms with Crippen LogP contribution in [0.5, 0.6) is 0 Å². The summed E-state index contributed by atoms with van der Waals surface area (Å²) < 4.78 is 4.90. The number of aromatic nitrogens is 3. The summed E-state index contributed by atoms with van der Waals surface area (Å²) in [6, 6.07) is 62.5. The zero-order valence-electron chi connectivity index (χ0n) is 27.0. The minimum atomic E-state index is 0.701. The molecule has 0 saturated carbocycles. The Labute approximate surface area is 293 Å². The van der Waals surface area contributed by atoms with Crippen LogP contribution in [0.25, 0.3) is 92.7 Å². The highest BCUT2D eigenvalue weighted by Crippen LogP contribution is 2.41. The van der Waals surface area contributed by atoms with Gasteiger partial charge >= 0.3 is 0 Å². The lowest BCUT2D eigenvalue weighted by molar-refractivity contribution is 1.16. The van der Waals surface area contributed by atoms with Gasteiger partial charge in [-0.1, -0.05) is 140 Å². The van der Waals surface area contributed by atoms with E-state index in [9.17, 15) is 0 Å². The first-order chi connectivity index (χ1) is 24.8. The Bertz CT molecular complexity index is 2870. The largest absolute Gasteiger partial charge is 0.309 e. The predicted molar refractivity (Wildman–Crippen MR) is 211 cm³/mol. The van der Waals surface area contributed by atoms with E-state index in [0.717, 1.165) is 33.8 Å². The van der Waals surface area contributed by atoms with E-state index in [1.807, 2.05) is 17.4 Å². The molecule has 0 unspecified atom stereocenters. The number of hydrogen-bond donors (Lipinski definition) is 0. The van der Waals surface area contributed by atoms with Gasteiger partial charge in [-0.2, -0.15) is 0 Å². The van der Waals surface area contributed by atoms with Crippen molar-refractivity contribution in [3.05, 3.63) is 176 Å². The van der Waals surface area contributed by atoms with Gasteiger partial charge in [0.25, 0.3) is 0 Å². The van der Waals surface area contributed by atoms with Crippen LogP contribution in [-0.2, 0) is 0 Å². The molecular formula is C46H29N3S. The molecular weight excluding hydrogens is 627 g/mol. The van der Waals surface area contributed by atoms with Gasteiger partial charge in [0, 0.05) is 53.3 Å². The first kappa shape index (κ1) is 28.6. The van der Waals surface area contributed by atoms with Crippen LogP contribution in [-0.4, -0.2) is 14.5 Å². The number of thiophene rings is 1. The zero-order valence-corrected chi connectivity index (χ0v) is 27.8. The fourth-order valence-electron chi connectivity index (χ4n) is 7.26. The van der Waals surface area contributed by atoms with Crippen LogP contribution in [0.15, 0.2) is 176 Å². The molecule has 0 atom stereocenters. The van der Waals surface area contributed by atoms with Crippen molar-refractivity contribution in [2.24, 2.45) is 0 Å². The van der Waals surface area contributed by atoms with Crippen molar-refractivity contribution < 1.29 is 0 Å². The Balaban J connectivity index is 1.18. The maximum Gasteiger partial charge on any atom is 0.160 e. The van der Waals surface area contributed by atoms with Crippen LogP contribution in [0, 0.1) is 0 Å². The molecule has 0 saturated heterocycles. The average molecular weight is 656 g/mol. The van der Waals surface area contributed by atoms with E-state index >= 15 is 0 Å². The third-order valence-electron chi connectivity index (χ3n) is 9.62. The second kappa shape index (κ2) is 11.7. The molecule has 0 spiro atoms. The minimum Gasteiger partial charge on any atom is -0.309 e. The molecule has 0 fully saturated rings. The molecule has 50 heavy (non-hydrogen) atoms. The summed E-state index contributed by atoms with van der Waals surface area (Å²) >= 11 is 1.83. The molecule has 0 radical (unpaired) electrons. The molecule has 0 aliphatic carbocycles. The quantitative estimate of drug-likeness (QED) is 0.185. The number of hydrogen-bond acceptors (Lipinski definition) is 3. The lowest BCUT2D eigenvalue weighted by atomic mass is 10.0. The van der Waals surface area contributed by atoms with Gasteiger partial charge in [0.15, 0.2) is 5.82 Å². The second-order valence-corrected chi connectivity index (χ2v) is 13.7. The van der Waals surface area contributed by atoms with Crippen LogP contribution in [0.3, 0.4) is 0 Å². The highest BCUT2D eigenvalue weighted by Gasteiger charge is 2.17. The summed E-state index contributed by atoms with van der Waals surface area (Å²) in [5.41, 5.74) is 10.8. The zero-order chi connectivity index (χ0) is 33.0. The maximum absolute atomic E-state index is 5.31. The number of nitrogens with zero attached hydrogens (tertiary/aromatic N) is 3. The average Bonchev–Trinajstić information content (AvgIpc) is 3.74. The standard InChI is InChI=1S/C46H29N3S/c1-3-13-30(14-4-1)32-25-26-36-35-19-7-9-23-42(35)49(43(36)28-32)34-18-11-17-33(27-34)46-47-40(31-15-5-2-6-16-31)29-41(48-46)39-22-12-21-38-37-20-8-10-24-44(37)50-45(38)39/h1-29H. The Kier molecular flexibility index (Phi) is 6.68. The smallest absolute Gasteiger partial charge is 0.160 e. The Morgan fingerprint density at radius 3 is 1.92 bits per heavy atom. The first-order valence-corrected chi connectivity index (χ1v) is 17.6. The Morgan fingerprint density at radius 2 is 1.06 bits per heavy atom. The molecule has 0 N–H and O–H groups in total. The van der Waals surface area contributed by atoms with Crippen molar-refractivity contribution in [1.29, 1.82) is 0 Å². The van der Waals surface area contributed by atoms with E-state index in [1.165, 1.54) is 53.1 Å². The number of para-hydroxylation sites is 1. The minimum absolute atomic E-state index is 0.701. The van der Waals surface area contributed by atoms with Gasteiger partial charge in [0.05, 0.1) is 22.4 Å². The van der Waals surface area contributed by atoms with Crippen LogP contribution in [0.4, 0.5) is 0 Å². The molecule has 0 aliphatic heterocycles. The number of benzene rings is 7. The van der Waals surface area contributed by atoms with Crippen molar-refractivity contribution in [1.82, 2.24) is 14.5 Å². The van der Waals surface area contributed by atoms with Crippen LogP contribution in [0.2, 0.25) is 0 Å². The van der Waals surface area contributed by atoms with Crippen LogP contribution >= 0.6 is 11.3 Å². The van der Waals surface area contributed by atoms with Gasteiger partial charge < -0.3 is 4.57 Å². The molecule has 3 aromatic heterocycles. The highest BCUT2D eigenvalue weighted by atomic mass is 32.1. The topological polar surface area (TPSA) is 30.7 Å². The normalized spacial score (nSPS) is 11.6. The van der Waals surface area contributed by atoms with Gasteiger partial charge in [0.2, 0.25) is 0 Å². The molecule has 4 heteroatoms. The molecule has 3 nitrogen and oxygen atoms in total. The van der Waals surface area contributed by atoms with Gasteiger partial charge in [-0.25, -0.2) is 9.97 Å². The van der Waals surface area contributed by atoms with Crippen molar-refractivity contribution in [2.75, 3.05) is 0 Å². The lowest BCUT2D eigenvalue weighted by Crippen LogP contribution is -1.98. The summed E-state index contributed by atoms with van der Waals surface area (Å²) in [7, 11) is 0. The van der Waals surface area contributed by atoms with E-state index in [1.54, 1.807) is 0 Å². The summed E-state index contributed by atoms with van der Waals surface area (Å²) in [5.74, 6) is 0.701. The van der Waals surface area contributed by atoms with Crippen molar-refractivity contribution in [2.45, 2.75) is 0 Å². The molecule has 0 aliphatic rings. The fourth-order valence-corrected chi connectivity index (χ4v) is 8.49.